The van der Waals surface area contributed by atoms with E-state index in [2.05, 4.69) is 104 Å². The average molecular weight is 1010 g/mol. The van der Waals surface area contributed by atoms with E-state index in [0.717, 1.165) is 77.0 Å². The second-order valence-electron chi connectivity index (χ2n) is 20.6. The van der Waals surface area contributed by atoms with Crippen molar-refractivity contribution in [1.29, 1.82) is 0 Å². The van der Waals surface area contributed by atoms with Crippen LogP contribution in [0.4, 0.5) is 0 Å². The number of quaternary nitrogens is 1. The molecule has 0 saturated carbocycles. The second kappa shape index (κ2) is 52.3. The molecule has 0 saturated heterocycles. The normalized spacial score (nSPS) is 14.6. The average Bonchev–Trinajstić information content (AvgIpc) is 3.33. The summed E-state index contributed by atoms with van der Waals surface area (Å²) in [6, 6.07) is -0.867. The van der Waals surface area contributed by atoms with E-state index in [4.69, 9.17) is 9.05 Å². The standard InChI is InChI=1S/C62H111N2O6P/c1-6-8-10-12-14-16-18-20-22-23-24-25-26-27-28-29-30-31-32-33-34-35-36-37-38-39-40-41-42-44-46-48-50-52-54-56-62(66)63-60(59-70-71(67,68)69-58-57-64(3,4)5)61(65)55-53-51-49-47-45-43-21-19-17-15-13-11-9-7-2/h8,10,14,16,20,22,24-25,27-28,30-31,45,47,53,55,60-61,65H,6-7,9,11-13,15,17-19,21,23,26,29,32-44,46,48-52,54,56-59H2,1-5H3,(H-,63,66,67,68)/p+1/b10-8-,16-14-,22-20-,25-24-,28-27-,31-30-,47-45+,55-53+. The molecule has 0 spiro atoms. The molecule has 3 atom stereocenters. The van der Waals surface area contributed by atoms with Gasteiger partial charge in [0.15, 0.2) is 0 Å². The van der Waals surface area contributed by atoms with Crippen molar-refractivity contribution in [3.05, 3.63) is 97.2 Å². The molecule has 0 bridgehead atoms. The fourth-order valence-electron chi connectivity index (χ4n) is 8.00. The number of unbranched alkanes of at least 4 members (excludes halogenated alkanes) is 25. The largest absolute Gasteiger partial charge is 0.472 e. The highest BCUT2D eigenvalue weighted by Gasteiger charge is 2.27. The van der Waals surface area contributed by atoms with E-state index in [1.165, 1.54) is 141 Å². The first-order chi connectivity index (χ1) is 34.5. The predicted octanol–water partition coefficient (Wildman–Crippen LogP) is 17.8. The summed E-state index contributed by atoms with van der Waals surface area (Å²) in [5, 5.41) is 13.9. The van der Waals surface area contributed by atoms with Gasteiger partial charge < -0.3 is 19.8 Å². The van der Waals surface area contributed by atoms with Crippen molar-refractivity contribution < 1.29 is 32.9 Å². The first-order valence-electron chi connectivity index (χ1n) is 29.1. The summed E-state index contributed by atoms with van der Waals surface area (Å²) in [7, 11) is 1.55. The molecule has 0 rings (SSSR count). The number of allylic oxidation sites excluding steroid dienone is 15. The summed E-state index contributed by atoms with van der Waals surface area (Å²) in [5.41, 5.74) is 0. The van der Waals surface area contributed by atoms with E-state index < -0.39 is 20.0 Å². The van der Waals surface area contributed by atoms with Gasteiger partial charge in [-0.05, 0) is 83.5 Å². The smallest absolute Gasteiger partial charge is 0.387 e. The van der Waals surface area contributed by atoms with Gasteiger partial charge in [-0.3, -0.25) is 13.8 Å². The lowest BCUT2D eigenvalue weighted by molar-refractivity contribution is -0.870. The molecular weight excluding hydrogens is 900 g/mol. The Morgan fingerprint density at radius 1 is 0.493 bits per heavy atom. The highest BCUT2D eigenvalue weighted by atomic mass is 31.2. The first-order valence-corrected chi connectivity index (χ1v) is 30.6. The Hall–Kier alpha value is -2.58. The SMILES string of the molecule is CC/C=C\C/C=C\C/C=C\C/C=C\C/C=C\C/C=C\CCCCCCCCCCCCCCCCCCC(=O)NC(COP(=O)(O)OCC[N+](C)(C)C)C(O)/C=C/CC/C=C/CCCCCCCCCC. The number of likely N-dealkylation sites (N-methyl/N-ethyl adjacent to an activating group) is 1. The van der Waals surface area contributed by atoms with Crippen LogP contribution in [0.5, 0.6) is 0 Å². The number of carbonyl (C=O) groups excluding carboxylic acids is 1. The van der Waals surface area contributed by atoms with E-state index >= 15 is 0 Å². The summed E-state index contributed by atoms with van der Waals surface area (Å²) in [6.45, 7) is 4.67. The number of amides is 1. The zero-order valence-electron chi connectivity index (χ0n) is 46.7. The fraction of sp³-hybridized carbons (Fsp3) is 0.726. The first kappa shape index (κ1) is 68.4. The third-order valence-corrected chi connectivity index (χ3v) is 13.5. The van der Waals surface area contributed by atoms with Gasteiger partial charge in [-0.25, -0.2) is 4.57 Å². The van der Waals surface area contributed by atoms with E-state index in [1.807, 2.05) is 27.2 Å². The number of nitrogens with one attached hydrogen (secondary N) is 1. The zero-order chi connectivity index (χ0) is 52.0. The lowest BCUT2D eigenvalue weighted by Gasteiger charge is -2.25. The van der Waals surface area contributed by atoms with Crippen LogP contribution in [0.2, 0.25) is 0 Å². The van der Waals surface area contributed by atoms with Crippen molar-refractivity contribution in [2.24, 2.45) is 0 Å². The van der Waals surface area contributed by atoms with Crippen LogP contribution in [-0.4, -0.2) is 73.4 Å². The molecule has 0 aliphatic heterocycles. The third-order valence-electron chi connectivity index (χ3n) is 12.5. The molecule has 71 heavy (non-hydrogen) atoms. The fourth-order valence-corrected chi connectivity index (χ4v) is 8.74. The Labute approximate surface area is 439 Å². The summed E-state index contributed by atoms with van der Waals surface area (Å²) in [6.07, 6.45) is 75.2. The molecule has 9 heteroatoms. The second-order valence-corrected chi connectivity index (χ2v) is 22.1. The summed E-state index contributed by atoms with van der Waals surface area (Å²) >= 11 is 0. The molecule has 3 N–H and O–H groups in total. The van der Waals surface area contributed by atoms with Gasteiger partial charge in [0, 0.05) is 6.42 Å². The lowest BCUT2D eigenvalue weighted by atomic mass is 10.0. The molecule has 0 fully saturated rings. The molecule has 0 aliphatic carbocycles. The molecular formula is C62H112N2O6P+. The van der Waals surface area contributed by atoms with E-state index in [1.54, 1.807) is 6.08 Å². The highest BCUT2D eigenvalue weighted by Crippen LogP contribution is 2.43. The molecule has 0 heterocycles. The van der Waals surface area contributed by atoms with Gasteiger partial charge in [-0.15, -0.1) is 0 Å². The Morgan fingerprint density at radius 2 is 0.859 bits per heavy atom. The number of carbonyl (C=O) groups is 1. The van der Waals surface area contributed by atoms with Crippen molar-refractivity contribution in [2.45, 2.75) is 251 Å². The minimum absolute atomic E-state index is 0.0534. The molecule has 0 aromatic carbocycles. The van der Waals surface area contributed by atoms with Crippen molar-refractivity contribution in [3.63, 3.8) is 0 Å². The predicted molar refractivity (Wildman–Crippen MR) is 309 cm³/mol. The number of aliphatic hydroxyl groups excluding tert-OH is 1. The molecule has 0 aromatic rings. The maximum absolute atomic E-state index is 13.0. The lowest BCUT2D eigenvalue weighted by Crippen LogP contribution is -2.45. The number of phosphoric ester groups is 1. The molecule has 0 aliphatic rings. The Morgan fingerprint density at radius 3 is 1.30 bits per heavy atom. The van der Waals surface area contributed by atoms with Crippen LogP contribution in [0.25, 0.3) is 0 Å². The minimum Gasteiger partial charge on any atom is -0.387 e. The van der Waals surface area contributed by atoms with Crippen LogP contribution in [0.15, 0.2) is 97.2 Å². The van der Waals surface area contributed by atoms with Crippen LogP contribution in [0, 0.1) is 0 Å². The number of hydrogen-bond donors (Lipinski definition) is 3. The number of nitrogens with zero attached hydrogens (tertiary/aromatic N) is 1. The van der Waals surface area contributed by atoms with Crippen LogP contribution >= 0.6 is 7.82 Å². The Balaban J connectivity index is 4.08. The van der Waals surface area contributed by atoms with Gasteiger partial charge in [0.1, 0.15) is 13.2 Å². The van der Waals surface area contributed by atoms with Crippen LogP contribution < -0.4 is 5.32 Å². The number of aliphatic hydroxyl groups is 1. The summed E-state index contributed by atoms with van der Waals surface area (Å²) in [5.74, 6) is -0.189. The number of phosphoric acid groups is 1. The maximum Gasteiger partial charge on any atom is 0.472 e. The Kier molecular flexibility index (Phi) is 50.4. The molecule has 8 nitrogen and oxygen atoms in total. The zero-order valence-corrected chi connectivity index (χ0v) is 47.6. The van der Waals surface area contributed by atoms with Crippen molar-refractivity contribution in [3.8, 4) is 0 Å². The number of rotatable bonds is 52. The van der Waals surface area contributed by atoms with Crippen LogP contribution in [0.1, 0.15) is 239 Å². The van der Waals surface area contributed by atoms with Crippen molar-refractivity contribution in [1.82, 2.24) is 5.32 Å². The summed E-state index contributed by atoms with van der Waals surface area (Å²) < 4.78 is 23.6. The van der Waals surface area contributed by atoms with Gasteiger partial charge in [-0.2, -0.15) is 0 Å². The molecule has 1 amide bonds. The third kappa shape index (κ3) is 55.0. The van der Waals surface area contributed by atoms with Crippen LogP contribution in [-0.2, 0) is 18.4 Å². The van der Waals surface area contributed by atoms with Gasteiger partial charge in [-0.1, -0.05) is 246 Å². The molecule has 410 valence electrons. The monoisotopic (exact) mass is 1010 g/mol. The Bertz CT molecular complexity index is 1470. The van der Waals surface area contributed by atoms with Gasteiger partial charge in [0.2, 0.25) is 5.91 Å². The van der Waals surface area contributed by atoms with E-state index in [9.17, 15) is 19.4 Å². The highest BCUT2D eigenvalue weighted by molar-refractivity contribution is 7.47. The topological polar surface area (TPSA) is 105 Å². The molecule has 3 unspecified atom stereocenters. The number of hydrogen-bond acceptors (Lipinski definition) is 5. The quantitative estimate of drug-likeness (QED) is 0.0243. The summed E-state index contributed by atoms with van der Waals surface area (Å²) in [4.78, 5) is 23.3. The van der Waals surface area contributed by atoms with Gasteiger partial charge in [0.25, 0.3) is 0 Å². The van der Waals surface area contributed by atoms with Gasteiger partial charge in [0.05, 0.1) is 39.9 Å². The maximum atomic E-state index is 13.0. The van der Waals surface area contributed by atoms with E-state index in [-0.39, 0.29) is 19.1 Å². The molecule has 0 radical (unpaired) electrons. The van der Waals surface area contributed by atoms with Gasteiger partial charge >= 0.3 is 7.82 Å². The minimum atomic E-state index is -4.36. The van der Waals surface area contributed by atoms with E-state index in [0.29, 0.717) is 17.4 Å². The van der Waals surface area contributed by atoms with Crippen molar-refractivity contribution in [2.75, 3.05) is 40.9 Å². The van der Waals surface area contributed by atoms with Crippen LogP contribution in [0.3, 0.4) is 0 Å². The molecule has 0 aromatic heterocycles. The van der Waals surface area contributed by atoms with Crippen molar-refractivity contribution >= 4 is 13.7 Å².